The molecule has 2 aromatic carbocycles. The molecule has 0 atom stereocenters. The van der Waals surface area contributed by atoms with Crippen LogP contribution in [0, 0.1) is 6.92 Å². The monoisotopic (exact) mass is 462 g/mol. The van der Waals surface area contributed by atoms with Crippen LogP contribution in [0.4, 0.5) is 11.6 Å². The molecule has 0 radical (unpaired) electrons. The summed E-state index contributed by atoms with van der Waals surface area (Å²) < 4.78 is 10.9. The highest BCUT2D eigenvalue weighted by Gasteiger charge is 2.24. The summed E-state index contributed by atoms with van der Waals surface area (Å²) in [6, 6.07) is 8.03. The maximum absolute atomic E-state index is 13.0. The van der Waals surface area contributed by atoms with E-state index in [0.29, 0.717) is 40.5 Å². The Morgan fingerprint density at radius 1 is 1.09 bits per heavy atom. The normalized spacial score (nSPS) is 15.7. The number of benzene rings is 2. The molecule has 2 aliphatic heterocycles. The van der Waals surface area contributed by atoms with Gasteiger partial charge in [0.2, 0.25) is 11.9 Å². The number of fused-ring (bicyclic) bond motifs is 2. The quantitative estimate of drug-likeness (QED) is 0.638. The maximum atomic E-state index is 13.0. The van der Waals surface area contributed by atoms with Crippen LogP contribution in [0.15, 0.2) is 34.1 Å². The van der Waals surface area contributed by atoms with Crippen molar-refractivity contribution in [2.24, 2.45) is 4.99 Å². The van der Waals surface area contributed by atoms with Gasteiger partial charge in [-0.25, -0.2) is 9.98 Å². The van der Waals surface area contributed by atoms with Gasteiger partial charge in [-0.2, -0.15) is 0 Å². The summed E-state index contributed by atoms with van der Waals surface area (Å²) in [4.78, 5) is 32.3. The molecule has 1 aromatic heterocycles. The van der Waals surface area contributed by atoms with Gasteiger partial charge in [0.15, 0.2) is 11.5 Å². The highest BCUT2D eigenvalue weighted by atomic mass is 16.5. The fourth-order valence-electron chi connectivity index (χ4n) is 4.93. The number of aliphatic imine (C=N–C) groups is 1. The van der Waals surface area contributed by atoms with Crippen LogP contribution in [-0.2, 0) is 13.0 Å². The van der Waals surface area contributed by atoms with Crippen LogP contribution >= 0.6 is 0 Å². The molecule has 1 fully saturated rings. The SMILES string of the molecule is COc1cc2nc(N3CCc4c(cccc4N=C4N(C)CCN4C)C3)[nH]c(=O)c2c(C)c1OC. The Kier molecular flexibility index (Phi) is 5.55. The molecule has 3 aromatic rings. The zero-order valence-corrected chi connectivity index (χ0v) is 20.3. The van der Waals surface area contributed by atoms with Crippen LogP contribution in [0.1, 0.15) is 16.7 Å². The highest BCUT2D eigenvalue weighted by Crippen LogP contribution is 2.36. The molecule has 1 N–H and O–H groups in total. The predicted octanol–water partition coefficient (Wildman–Crippen LogP) is 2.68. The van der Waals surface area contributed by atoms with E-state index in [2.05, 4.69) is 45.9 Å². The number of guanidine groups is 1. The minimum Gasteiger partial charge on any atom is -0.493 e. The van der Waals surface area contributed by atoms with Crippen molar-refractivity contribution in [1.29, 1.82) is 0 Å². The van der Waals surface area contributed by atoms with Gasteiger partial charge in [0.25, 0.3) is 5.56 Å². The number of aromatic amines is 1. The minimum atomic E-state index is -0.184. The summed E-state index contributed by atoms with van der Waals surface area (Å²) in [5.41, 5.74) is 4.59. The molecule has 0 unspecified atom stereocenters. The second-order valence-corrected chi connectivity index (χ2v) is 8.86. The zero-order valence-electron chi connectivity index (χ0n) is 20.3. The van der Waals surface area contributed by atoms with Gasteiger partial charge in [-0.15, -0.1) is 0 Å². The van der Waals surface area contributed by atoms with E-state index in [-0.39, 0.29) is 5.56 Å². The van der Waals surface area contributed by atoms with Gasteiger partial charge in [-0.1, -0.05) is 12.1 Å². The number of hydrogen-bond acceptors (Lipinski definition) is 6. The molecule has 178 valence electrons. The van der Waals surface area contributed by atoms with Gasteiger partial charge in [-0.3, -0.25) is 9.78 Å². The lowest BCUT2D eigenvalue weighted by atomic mass is 9.98. The van der Waals surface area contributed by atoms with Crippen LogP contribution in [0.5, 0.6) is 11.5 Å². The number of H-pyrrole nitrogens is 1. The van der Waals surface area contributed by atoms with Crippen molar-refractivity contribution < 1.29 is 9.47 Å². The Hall–Kier alpha value is -3.75. The van der Waals surface area contributed by atoms with Gasteiger partial charge in [0.1, 0.15) is 0 Å². The molecule has 0 spiro atoms. The molecule has 1 saturated heterocycles. The average molecular weight is 463 g/mol. The van der Waals surface area contributed by atoms with E-state index in [1.54, 1.807) is 20.3 Å². The van der Waals surface area contributed by atoms with E-state index >= 15 is 0 Å². The van der Waals surface area contributed by atoms with Gasteiger partial charge in [0.05, 0.1) is 30.8 Å². The summed E-state index contributed by atoms with van der Waals surface area (Å²) in [5.74, 6) is 2.67. The number of ether oxygens (including phenoxy) is 2. The second-order valence-electron chi connectivity index (χ2n) is 8.86. The third-order valence-electron chi connectivity index (χ3n) is 6.78. The molecular weight excluding hydrogens is 432 g/mol. The van der Waals surface area contributed by atoms with Gasteiger partial charge >= 0.3 is 0 Å². The predicted molar refractivity (Wildman–Crippen MR) is 134 cm³/mol. The molecule has 34 heavy (non-hydrogen) atoms. The van der Waals surface area contributed by atoms with E-state index in [0.717, 1.165) is 37.7 Å². The fourth-order valence-corrected chi connectivity index (χ4v) is 4.93. The first-order valence-electron chi connectivity index (χ1n) is 11.4. The number of likely N-dealkylation sites (N-methyl/N-ethyl adjacent to an activating group) is 2. The average Bonchev–Trinajstić information content (AvgIpc) is 3.15. The van der Waals surface area contributed by atoms with Crippen LogP contribution in [0.25, 0.3) is 10.9 Å². The molecule has 9 nitrogen and oxygen atoms in total. The van der Waals surface area contributed by atoms with Crippen molar-refractivity contribution in [3.05, 3.63) is 51.3 Å². The van der Waals surface area contributed by atoms with E-state index in [1.165, 1.54) is 11.1 Å². The first kappa shape index (κ1) is 22.1. The molecular formula is C25H30N6O3. The molecule has 5 rings (SSSR count). The number of methoxy groups -OCH3 is 2. The topological polar surface area (TPSA) is 86.3 Å². The second kappa shape index (κ2) is 8.55. The van der Waals surface area contributed by atoms with Gasteiger partial charge < -0.3 is 24.2 Å². The molecule has 0 bridgehead atoms. The lowest BCUT2D eigenvalue weighted by Crippen LogP contribution is -2.33. The summed E-state index contributed by atoms with van der Waals surface area (Å²) in [5, 5.41) is 0.515. The standard InChI is InChI=1S/C25H30N6O3/c1-15-21-19(13-20(33-4)22(15)34-5)26-24(28-23(21)32)31-10-9-17-16(14-31)7-6-8-18(17)27-25-29(2)11-12-30(25)3/h6-8,13H,9-12,14H2,1-5H3,(H,26,28,32). The first-order chi connectivity index (χ1) is 16.4. The minimum absolute atomic E-state index is 0.184. The van der Waals surface area contributed by atoms with Gasteiger partial charge in [0, 0.05) is 51.9 Å². The summed E-state index contributed by atoms with van der Waals surface area (Å²) >= 11 is 0. The van der Waals surface area contributed by atoms with E-state index in [9.17, 15) is 4.79 Å². The third kappa shape index (κ3) is 3.61. The van der Waals surface area contributed by atoms with Crippen molar-refractivity contribution in [2.45, 2.75) is 19.9 Å². The lowest BCUT2D eigenvalue weighted by molar-refractivity contribution is 0.354. The first-order valence-corrected chi connectivity index (χ1v) is 11.4. The Morgan fingerprint density at radius 2 is 1.85 bits per heavy atom. The van der Waals surface area contributed by atoms with E-state index in [1.807, 2.05) is 13.0 Å². The van der Waals surface area contributed by atoms with Gasteiger partial charge in [-0.05, 0) is 30.5 Å². The van der Waals surface area contributed by atoms with Crippen molar-refractivity contribution in [3.63, 3.8) is 0 Å². The number of rotatable bonds is 4. The Balaban J connectivity index is 1.51. The smallest absolute Gasteiger partial charge is 0.260 e. The Morgan fingerprint density at radius 3 is 2.56 bits per heavy atom. The van der Waals surface area contributed by atoms with Crippen molar-refractivity contribution in [2.75, 3.05) is 52.8 Å². The Bertz CT molecular complexity index is 1340. The molecule has 3 heterocycles. The lowest BCUT2D eigenvalue weighted by Gasteiger charge is -2.30. The largest absolute Gasteiger partial charge is 0.493 e. The number of nitrogens with zero attached hydrogens (tertiary/aromatic N) is 5. The molecule has 0 amide bonds. The number of aryl methyl sites for hydroxylation is 1. The van der Waals surface area contributed by atoms with Crippen molar-refractivity contribution in [1.82, 2.24) is 19.8 Å². The summed E-state index contributed by atoms with van der Waals surface area (Å²) in [7, 11) is 7.31. The van der Waals surface area contributed by atoms with Crippen LogP contribution in [-0.4, -0.2) is 73.7 Å². The number of anilines is 1. The molecule has 9 heteroatoms. The summed E-state index contributed by atoms with van der Waals surface area (Å²) in [6.45, 7) is 5.20. The Labute approximate surface area is 198 Å². The number of aromatic nitrogens is 2. The van der Waals surface area contributed by atoms with E-state index in [4.69, 9.17) is 19.5 Å². The highest BCUT2D eigenvalue weighted by molar-refractivity contribution is 5.87. The van der Waals surface area contributed by atoms with Crippen LogP contribution < -0.4 is 19.9 Å². The fraction of sp³-hybridized carbons (Fsp3) is 0.400. The summed E-state index contributed by atoms with van der Waals surface area (Å²) in [6.07, 6.45) is 0.822. The number of hydrogen-bond donors (Lipinski definition) is 1. The van der Waals surface area contributed by atoms with Crippen molar-refractivity contribution >= 4 is 28.5 Å². The van der Waals surface area contributed by atoms with Crippen LogP contribution in [0.3, 0.4) is 0 Å². The van der Waals surface area contributed by atoms with E-state index < -0.39 is 0 Å². The molecule has 0 saturated carbocycles. The third-order valence-corrected chi connectivity index (χ3v) is 6.78. The van der Waals surface area contributed by atoms with Crippen molar-refractivity contribution in [3.8, 4) is 11.5 Å². The van der Waals surface area contributed by atoms with Crippen LogP contribution in [0.2, 0.25) is 0 Å². The zero-order chi connectivity index (χ0) is 24.0. The molecule has 0 aliphatic carbocycles. The maximum Gasteiger partial charge on any atom is 0.260 e. The number of nitrogens with one attached hydrogen (secondary N) is 1. The molecule has 2 aliphatic rings.